The number of aliphatic hydroxyl groups is 3. The standard InChI is InChI=1S/C25H31F3N2O8/c1-3-13-7-9-14(10-8-13)11-16-21(25(26,27)28)30(15-5-4-6-15)29-22(16)38-23-20(33)19(32)18(31)17(37-23)12-36-24(34)35-2/h7-10,15,17-20,23,31-33H,3-6,11-12H2,1-2H3. The molecule has 1 aromatic heterocycles. The van der Waals surface area contributed by atoms with Gasteiger partial charge in [-0.2, -0.15) is 13.2 Å². The van der Waals surface area contributed by atoms with Crippen molar-refractivity contribution in [2.45, 2.75) is 82.0 Å². The van der Waals surface area contributed by atoms with Gasteiger partial charge in [-0.1, -0.05) is 31.2 Å². The van der Waals surface area contributed by atoms with Gasteiger partial charge in [-0.3, -0.25) is 4.68 Å². The summed E-state index contributed by atoms with van der Waals surface area (Å²) in [7, 11) is 1.07. The molecule has 2 aromatic rings. The highest BCUT2D eigenvalue weighted by atomic mass is 19.4. The van der Waals surface area contributed by atoms with Crippen molar-refractivity contribution in [3.05, 3.63) is 46.6 Å². The van der Waals surface area contributed by atoms with Crippen molar-refractivity contribution in [3.8, 4) is 5.88 Å². The van der Waals surface area contributed by atoms with Crippen LogP contribution in [0.2, 0.25) is 0 Å². The van der Waals surface area contributed by atoms with Gasteiger partial charge in [0.25, 0.3) is 0 Å². The van der Waals surface area contributed by atoms with Crippen molar-refractivity contribution < 1.29 is 52.2 Å². The Morgan fingerprint density at radius 3 is 2.32 bits per heavy atom. The van der Waals surface area contributed by atoms with E-state index in [9.17, 15) is 33.3 Å². The fourth-order valence-corrected chi connectivity index (χ4v) is 4.47. The molecule has 5 unspecified atom stereocenters. The minimum Gasteiger partial charge on any atom is -0.443 e. The number of carbonyl (C=O) groups excluding carboxylic acids is 1. The van der Waals surface area contributed by atoms with Gasteiger partial charge in [-0.05, 0) is 36.8 Å². The van der Waals surface area contributed by atoms with E-state index in [1.54, 1.807) is 12.1 Å². The molecule has 0 amide bonds. The van der Waals surface area contributed by atoms with Gasteiger partial charge in [0.1, 0.15) is 36.7 Å². The maximum Gasteiger partial charge on any atom is 0.508 e. The van der Waals surface area contributed by atoms with Crippen molar-refractivity contribution in [2.75, 3.05) is 13.7 Å². The van der Waals surface area contributed by atoms with Crippen molar-refractivity contribution in [2.24, 2.45) is 0 Å². The van der Waals surface area contributed by atoms with Gasteiger partial charge >= 0.3 is 12.3 Å². The number of methoxy groups -OCH3 is 1. The third kappa shape index (κ3) is 5.90. The van der Waals surface area contributed by atoms with Gasteiger partial charge in [-0.25, -0.2) is 4.79 Å². The van der Waals surface area contributed by atoms with Gasteiger partial charge in [0.05, 0.1) is 18.7 Å². The van der Waals surface area contributed by atoms with Gasteiger partial charge in [-0.15, -0.1) is 5.10 Å². The van der Waals surface area contributed by atoms with Gasteiger partial charge < -0.3 is 34.3 Å². The second-order valence-corrected chi connectivity index (χ2v) is 9.40. The molecule has 4 rings (SSSR count). The van der Waals surface area contributed by atoms with E-state index >= 15 is 0 Å². The molecule has 0 bridgehead atoms. The zero-order chi connectivity index (χ0) is 27.6. The van der Waals surface area contributed by atoms with Gasteiger partial charge in [0, 0.05) is 6.42 Å². The first-order chi connectivity index (χ1) is 18.0. The Labute approximate surface area is 216 Å². The summed E-state index contributed by atoms with van der Waals surface area (Å²) in [5, 5.41) is 35.2. The third-order valence-electron chi connectivity index (χ3n) is 6.90. The predicted octanol–water partition coefficient (Wildman–Crippen LogP) is 2.75. The summed E-state index contributed by atoms with van der Waals surface area (Å²) in [4.78, 5) is 11.3. The zero-order valence-electron chi connectivity index (χ0n) is 20.9. The molecule has 2 fully saturated rings. The minimum absolute atomic E-state index is 0.163. The van der Waals surface area contributed by atoms with Crippen molar-refractivity contribution in [1.82, 2.24) is 9.78 Å². The van der Waals surface area contributed by atoms with E-state index in [1.165, 1.54) is 0 Å². The molecule has 13 heteroatoms. The van der Waals surface area contributed by atoms with E-state index in [0.29, 0.717) is 18.4 Å². The maximum atomic E-state index is 14.4. The Morgan fingerprint density at radius 2 is 1.76 bits per heavy atom. The second-order valence-electron chi connectivity index (χ2n) is 9.40. The lowest BCUT2D eigenvalue weighted by Gasteiger charge is -2.39. The second kappa shape index (κ2) is 11.5. The molecule has 1 aliphatic carbocycles. The van der Waals surface area contributed by atoms with E-state index in [2.05, 4.69) is 9.84 Å². The summed E-state index contributed by atoms with van der Waals surface area (Å²) in [6, 6.07) is 6.66. The number of nitrogens with zero attached hydrogens (tertiary/aromatic N) is 2. The highest BCUT2D eigenvalue weighted by Crippen LogP contribution is 2.43. The number of aryl methyl sites for hydroxylation is 1. The molecular weight excluding hydrogens is 513 g/mol. The number of aromatic nitrogens is 2. The van der Waals surface area contributed by atoms with Gasteiger partial charge in [0.2, 0.25) is 12.2 Å². The molecule has 0 spiro atoms. The summed E-state index contributed by atoms with van der Waals surface area (Å²) < 4.78 is 64.4. The van der Waals surface area contributed by atoms with Crippen LogP contribution >= 0.6 is 0 Å². The highest BCUT2D eigenvalue weighted by Gasteiger charge is 2.48. The molecule has 1 aliphatic heterocycles. The number of carbonyl (C=O) groups is 1. The molecule has 210 valence electrons. The van der Waals surface area contributed by atoms with Crippen LogP contribution in [0.15, 0.2) is 24.3 Å². The number of ether oxygens (including phenoxy) is 4. The monoisotopic (exact) mass is 544 g/mol. The smallest absolute Gasteiger partial charge is 0.443 e. The summed E-state index contributed by atoms with van der Waals surface area (Å²) in [6.07, 6.45) is -11.8. The lowest BCUT2D eigenvalue weighted by atomic mass is 9.93. The Morgan fingerprint density at radius 1 is 1.11 bits per heavy atom. The summed E-state index contributed by atoms with van der Waals surface area (Å²) in [5.74, 6) is -0.413. The van der Waals surface area contributed by atoms with Crippen LogP contribution in [0.25, 0.3) is 0 Å². The predicted molar refractivity (Wildman–Crippen MR) is 124 cm³/mol. The fraction of sp³-hybridized carbons (Fsp3) is 0.600. The van der Waals surface area contributed by atoms with Crippen LogP contribution in [0.1, 0.15) is 54.6 Å². The van der Waals surface area contributed by atoms with Crippen LogP contribution in [0.3, 0.4) is 0 Å². The molecule has 5 atom stereocenters. The van der Waals surface area contributed by atoms with Crippen LogP contribution in [0, 0.1) is 0 Å². The minimum atomic E-state index is -4.75. The van der Waals surface area contributed by atoms with Crippen LogP contribution < -0.4 is 4.74 Å². The molecule has 38 heavy (non-hydrogen) atoms. The van der Waals surface area contributed by atoms with Gasteiger partial charge in [0.15, 0.2) is 0 Å². The lowest BCUT2D eigenvalue weighted by molar-refractivity contribution is -0.278. The van der Waals surface area contributed by atoms with E-state index in [-0.39, 0.29) is 12.0 Å². The van der Waals surface area contributed by atoms with Crippen LogP contribution in [-0.2, 0) is 33.2 Å². The van der Waals surface area contributed by atoms with Crippen LogP contribution in [0.5, 0.6) is 5.88 Å². The summed E-state index contributed by atoms with van der Waals surface area (Å²) >= 11 is 0. The van der Waals surface area contributed by atoms with E-state index in [4.69, 9.17) is 14.2 Å². The molecular formula is C25H31F3N2O8. The number of benzene rings is 1. The molecule has 0 radical (unpaired) electrons. The lowest BCUT2D eigenvalue weighted by Crippen LogP contribution is -2.60. The Bertz CT molecular complexity index is 1100. The molecule has 2 heterocycles. The first-order valence-electron chi connectivity index (χ1n) is 12.4. The third-order valence-corrected chi connectivity index (χ3v) is 6.90. The van der Waals surface area contributed by atoms with E-state index in [0.717, 1.165) is 30.2 Å². The number of rotatable bonds is 8. The SMILES string of the molecule is CCc1ccc(Cc2c(OC3OC(COC(=O)OC)C(O)C(O)C3O)nn(C3CCC3)c2C(F)(F)F)cc1. The van der Waals surface area contributed by atoms with Crippen molar-refractivity contribution in [3.63, 3.8) is 0 Å². The average Bonchev–Trinajstić information content (AvgIpc) is 3.19. The summed E-state index contributed by atoms with van der Waals surface area (Å²) in [5.41, 5.74) is 0.425. The van der Waals surface area contributed by atoms with E-state index in [1.807, 2.05) is 19.1 Å². The normalized spacial score (nSPS) is 26.1. The topological polar surface area (TPSA) is 133 Å². The fourth-order valence-electron chi connectivity index (χ4n) is 4.47. The molecule has 10 nitrogen and oxygen atoms in total. The Balaban J connectivity index is 1.68. The number of alkyl halides is 3. The van der Waals surface area contributed by atoms with Crippen LogP contribution in [0.4, 0.5) is 18.0 Å². The largest absolute Gasteiger partial charge is 0.508 e. The van der Waals surface area contributed by atoms with Crippen LogP contribution in [-0.4, -0.2) is 75.7 Å². The zero-order valence-corrected chi connectivity index (χ0v) is 20.9. The molecule has 1 aromatic carbocycles. The quantitative estimate of drug-likeness (QED) is 0.429. The molecule has 3 N–H and O–H groups in total. The van der Waals surface area contributed by atoms with Crippen molar-refractivity contribution >= 4 is 6.16 Å². The maximum absolute atomic E-state index is 14.4. The Kier molecular flexibility index (Phi) is 8.50. The van der Waals surface area contributed by atoms with E-state index < -0.39 is 67.3 Å². The molecule has 1 saturated carbocycles. The highest BCUT2D eigenvalue weighted by molar-refractivity contribution is 5.59. The first kappa shape index (κ1) is 28.1. The molecule has 1 saturated heterocycles. The first-order valence-corrected chi connectivity index (χ1v) is 12.4. The number of halogens is 3. The number of hydrogen-bond acceptors (Lipinski definition) is 9. The number of hydrogen-bond donors (Lipinski definition) is 3. The van der Waals surface area contributed by atoms with Crippen molar-refractivity contribution in [1.29, 1.82) is 0 Å². The Hall–Kier alpha value is -2.87. The number of aliphatic hydroxyl groups excluding tert-OH is 3. The summed E-state index contributed by atoms with van der Waals surface area (Å²) in [6.45, 7) is 1.40. The average molecular weight is 545 g/mol. The molecule has 2 aliphatic rings.